The average molecular weight is 320 g/mol. The molecule has 0 bridgehead atoms. The van der Waals surface area contributed by atoms with Gasteiger partial charge in [0.15, 0.2) is 0 Å². The van der Waals surface area contributed by atoms with Crippen molar-refractivity contribution >= 4 is 27.4 Å². The molecule has 1 amide bonds. The van der Waals surface area contributed by atoms with Gasteiger partial charge in [0, 0.05) is 24.4 Å². The number of hydrogen-bond acceptors (Lipinski definition) is 5. The van der Waals surface area contributed by atoms with Crippen molar-refractivity contribution in [2.45, 2.75) is 25.7 Å². The Bertz CT molecular complexity index is 781. The standard InChI is InChI=1S/C14H16N4O3S/c1-9-8-14(16-10(2)15-9)18-22(20,21)13-6-4-12(5-7-13)17-11(3)19/h4-8H,1-3H3,(H,17,19)(H,15,16,18). The summed E-state index contributed by atoms with van der Waals surface area (Å²) in [4.78, 5) is 19.2. The lowest BCUT2D eigenvalue weighted by atomic mass is 10.3. The second-order valence-electron chi connectivity index (χ2n) is 4.75. The van der Waals surface area contributed by atoms with E-state index in [4.69, 9.17) is 0 Å². The summed E-state index contributed by atoms with van der Waals surface area (Å²) in [6, 6.07) is 7.41. The maximum Gasteiger partial charge on any atom is 0.263 e. The molecule has 0 saturated heterocycles. The van der Waals surface area contributed by atoms with Gasteiger partial charge in [-0.1, -0.05) is 0 Å². The summed E-state index contributed by atoms with van der Waals surface area (Å²) < 4.78 is 27.0. The lowest BCUT2D eigenvalue weighted by molar-refractivity contribution is -0.114. The largest absolute Gasteiger partial charge is 0.326 e. The first-order valence-electron chi connectivity index (χ1n) is 6.49. The van der Waals surface area contributed by atoms with Crippen LogP contribution in [0, 0.1) is 13.8 Å². The number of carbonyl (C=O) groups excluding carboxylic acids is 1. The van der Waals surface area contributed by atoms with Crippen LogP contribution < -0.4 is 10.0 Å². The van der Waals surface area contributed by atoms with Crippen molar-refractivity contribution in [3.63, 3.8) is 0 Å². The van der Waals surface area contributed by atoms with Gasteiger partial charge in [0.25, 0.3) is 10.0 Å². The number of nitrogens with one attached hydrogen (secondary N) is 2. The summed E-state index contributed by atoms with van der Waals surface area (Å²) in [6.45, 7) is 4.83. The summed E-state index contributed by atoms with van der Waals surface area (Å²) in [6.07, 6.45) is 0. The number of anilines is 2. The van der Waals surface area contributed by atoms with Gasteiger partial charge in [0.1, 0.15) is 11.6 Å². The Morgan fingerprint density at radius 2 is 1.73 bits per heavy atom. The average Bonchev–Trinajstić information content (AvgIpc) is 2.36. The molecule has 2 aromatic rings. The lowest BCUT2D eigenvalue weighted by Gasteiger charge is -2.09. The Balaban J connectivity index is 2.24. The Morgan fingerprint density at radius 3 is 2.27 bits per heavy atom. The van der Waals surface area contributed by atoms with Crippen LogP contribution in [0.1, 0.15) is 18.4 Å². The molecule has 2 rings (SSSR count). The summed E-state index contributed by atoms with van der Waals surface area (Å²) in [7, 11) is -3.75. The van der Waals surface area contributed by atoms with Gasteiger partial charge in [-0.3, -0.25) is 9.52 Å². The van der Waals surface area contributed by atoms with E-state index in [1.165, 1.54) is 31.2 Å². The van der Waals surface area contributed by atoms with Gasteiger partial charge in [-0.05, 0) is 38.1 Å². The summed E-state index contributed by atoms with van der Waals surface area (Å²) >= 11 is 0. The molecule has 1 heterocycles. The number of nitrogens with zero attached hydrogens (tertiary/aromatic N) is 2. The van der Waals surface area contributed by atoms with E-state index in [1.54, 1.807) is 19.9 Å². The molecule has 0 saturated carbocycles. The second-order valence-corrected chi connectivity index (χ2v) is 6.44. The molecule has 1 aromatic carbocycles. The predicted molar refractivity (Wildman–Crippen MR) is 83.1 cm³/mol. The van der Waals surface area contributed by atoms with Gasteiger partial charge in [0.05, 0.1) is 4.90 Å². The Kier molecular flexibility index (Phi) is 4.41. The first-order chi connectivity index (χ1) is 10.3. The number of sulfonamides is 1. The highest BCUT2D eigenvalue weighted by Crippen LogP contribution is 2.17. The second kappa shape index (κ2) is 6.10. The van der Waals surface area contributed by atoms with E-state index < -0.39 is 10.0 Å². The van der Waals surface area contributed by atoms with Crippen LogP contribution in [0.25, 0.3) is 0 Å². The zero-order valence-electron chi connectivity index (χ0n) is 12.4. The zero-order chi connectivity index (χ0) is 16.3. The summed E-state index contributed by atoms with van der Waals surface area (Å²) in [5.41, 5.74) is 1.20. The van der Waals surface area contributed by atoms with Crippen LogP contribution in [0.2, 0.25) is 0 Å². The van der Waals surface area contributed by atoms with Crippen LogP contribution in [-0.2, 0) is 14.8 Å². The van der Waals surface area contributed by atoms with Gasteiger partial charge in [-0.15, -0.1) is 0 Å². The highest BCUT2D eigenvalue weighted by molar-refractivity contribution is 7.92. The minimum Gasteiger partial charge on any atom is -0.326 e. The van der Waals surface area contributed by atoms with E-state index in [2.05, 4.69) is 20.0 Å². The summed E-state index contributed by atoms with van der Waals surface area (Å²) in [5, 5.41) is 2.57. The van der Waals surface area contributed by atoms with Gasteiger partial charge in [0.2, 0.25) is 5.91 Å². The molecule has 22 heavy (non-hydrogen) atoms. The Labute approximate surface area is 128 Å². The molecule has 0 aliphatic rings. The molecule has 1 aromatic heterocycles. The topological polar surface area (TPSA) is 101 Å². The van der Waals surface area contributed by atoms with Crippen molar-refractivity contribution in [3.05, 3.63) is 41.9 Å². The van der Waals surface area contributed by atoms with E-state index >= 15 is 0 Å². The van der Waals surface area contributed by atoms with Crippen molar-refractivity contribution in [2.24, 2.45) is 0 Å². The molecule has 8 heteroatoms. The fourth-order valence-corrected chi connectivity index (χ4v) is 2.88. The van der Waals surface area contributed by atoms with Gasteiger partial charge >= 0.3 is 0 Å². The third-order valence-corrected chi connectivity index (χ3v) is 4.06. The minimum absolute atomic E-state index is 0.0792. The first-order valence-corrected chi connectivity index (χ1v) is 7.97. The Hall–Kier alpha value is -2.48. The van der Waals surface area contributed by atoms with E-state index in [0.29, 0.717) is 17.2 Å². The SMILES string of the molecule is CC(=O)Nc1ccc(S(=O)(=O)Nc2cc(C)nc(C)n2)cc1. The molecule has 0 fully saturated rings. The number of hydrogen-bond donors (Lipinski definition) is 2. The number of aromatic nitrogens is 2. The predicted octanol–water partition coefficient (Wildman–Crippen LogP) is 1.85. The molecule has 0 unspecified atom stereocenters. The molecular weight excluding hydrogens is 304 g/mol. The summed E-state index contributed by atoms with van der Waals surface area (Å²) in [5.74, 6) is 0.482. The van der Waals surface area contributed by atoms with Crippen LogP contribution in [0.4, 0.5) is 11.5 Å². The van der Waals surface area contributed by atoms with Crippen molar-refractivity contribution in [2.75, 3.05) is 10.0 Å². The number of rotatable bonds is 4. The van der Waals surface area contributed by atoms with Crippen molar-refractivity contribution in [1.29, 1.82) is 0 Å². The normalized spacial score (nSPS) is 11.0. The van der Waals surface area contributed by atoms with E-state index in [-0.39, 0.29) is 16.6 Å². The Morgan fingerprint density at radius 1 is 1.09 bits per heavy atom. The highest BCUT2D eigenvalue weighted by Gasteiger charge is 2.15. The van der Waals surface area contributed by atoms with Crippen molar-refractivity contribution < 1.29 is 13.2 Å². The molecule has 2 N–H and O–H groups in total. The fourth-order valence-electron chi connectivity index (χ4n) is 1.89. The van der Waals surface area contributed by atoms with Crippen molar-refractivity contribution in [3.8, 4) is 0 Å². The minimum atomic E-state index is -3.75. The van der Waals surface area contributed by atoms with Gasteiger partial charge in [-0.25, -0.2) is 18.4 Å². The van der Waals surface area contributed by atoms with E-state index in [0.717, 1.165) is 0 Å². The third-order valence-electron chi connectivity index (χ3n) is 2.69. The molecule has 0 spiro atoms. The monoisotopic (exact) mass is 320 g/mol. The zero-order valence-corrected chi connectivity index (χ0v) is 13.2. The molecular formula is C14H16N4O3S. The molecule has 0 aliphatic heterocycles. The molecule has 0 radical (unpaired) electrons. The molecule has 116 valence electrons. The number of benzene rings is 1. The lowest BCUT2D eigenvalue weighted by Crippen LogP contribution is -2.15. The van der Waals surface area contributed by atoms with Crippen molar-refractivity contribution in [1.82, 2.24) is 9.97 Å². The van der Waals surface area contributed by atoms with Gasteiger partial charge < -0.3 is 5.32 Å². The van der Waals surface area contributed by atoms with E-state index in [9.17, 15) is 13.2 Å². The molecule has 0 atom stereocenters. The quantitative estimate of drug-likeness (QED) is 0.895. The number of carbonyl (C=O) groups is 1. The van der Waals surface area contributed by atoms with Crippen LogP contribution in [0.3, 0.4) is 0 Å². The van der Waals surface area contributed by atoms with Crippen LogP contribution >= 0.6 is 0 Å². The fraction of sp³-hybridized carbons (Fsp3) is 0.214. The molecule has 0 aliphatic carbocycles. The van der Waals surface area contributed by atoms with Crippen LogP contribution in [-0.4, -0.2) is 24.3 Å². The van der Waals surface area contributed by atoms with E-state index in [1.807, 2.05) is 0 Å². The van der Waals surface area contributed by atoms with Crippen LogP contribution in [0.15, 0.2) is 35.2 Å². The number of aryl methyl sites for hydroxylation is 2. The highest BCUT2D eigenvalue weighted by atomic mass is 32.2. The van der Waals surface area contributed by atoms with Crippen LogP contribution in [0.5, 0.6) is 0 Å². The maximum absolute atomic E-state index is 12.3. The molecule has 7 nitrogen and oxygen atoms in total. The third kappa shape index (κ3) is 4.01. The maximum atomic E-state index is 12.3. The smallest absolute Gasteiger partial charge is 0.263 e. The number of amides is 1. The first kappa shape index (κ1) is 15.9. The van der Waals surface area contributed by atoms with Gasteiger partial charge in [-0.2, -0.15) is 0 Å².